The summed E-state index contributed by atoms with van der Waals surface area (Å²) < 4.78 is 24.3. The van der Waals surface area contributed by atoms with Crippen LogP contribution in [0.25, 0.3) is 0 Å². The van der Waals surface area contributed by atoms with Crippen molar-refractivity contribution in [3.63, 3.8) is 0 Å². The maximum Gasteiger partial charge on any atom is 0.235 e. The van der Waals surface area contributed by atoms with Gasteiger partial charge in [-0.15, -0.1) is 0 Å². The van der Waals surface area contributed by atoms with Crippen LogP contribution in [0.4, 0.5) is 0 Å². The Kier molecular flexibility index (Phi) is 8.95. The van der Waals surface area contributed by atoms with E-state index in [1.165, 1.54) is 4.31 Å². The Morgan fingerprint density at radius 1 is 1.16 bits per heavy atom. The van der Waals surface area contributed by atoms with Crippen molar-refractivity contribution in [3.8, 4) is 0 Å². The fourth-order valence-corrected chi connectivity index (χ4v) is 2.35. The second-order valence-corrected chi connectivity index (χ2v) is 6.94. The predicted octanol–water partition coefficient (Wildman–Crippen LogP) is 0.116. The quantitative estimate of drug-likeness (QED) is 0.581. The zero-order valence-electron chi connectivity index (χ0n) is 12.5. The lowest BCUT2D eigenvalue weighted by molar-refractivity contribution is -0.121. The third kappa shape index (κ3) is 9.86. The fourth-order valence-electron chi connectivity index (χ4n) is 1.54. The van der Waals surface area contributed by atoms with E-state index in [9.17, 15) is 13.2 Å². The second-order valence-electron chi connectivity index (χ2n) is 4.96. The van der Waals surface area contributed by atoms with Crippen LogP contribution in [0.5, 0.6) is 0 Å². The summed E-state index contributed by atoms with van der Waals surface area (Å²) in [5, 5.41) is 2.75. The fraction of sp³-hybridized carbons (Fsp3) is 0.917. The Morgan fingerprint density at radius 3 is 2.26 bits per heavy atom. The molecule has 0 atom stereocenters. The highest BCUT2D eigenvalue weighted by Gasteiger charge is 2.18. The van der Waals surface area contributed by atoms with Crippen molar-refractivity contribution < 1.29 is 13.2 Å². The molecule has 114 valence electrons. The Balaban J connectivity index is 4.10. The number of nitrogens with one attached hydrogen (secondary N) is 1. The van der Waals surface area contributed by atoms with Crippen molar-refractivity contribution in [3.05, 3.63) is 0 Å². The van der Waals surface area contributed by atoms with E-state index in [1.807, 2.05) is 25.9 Å². The third-order valence-electron chi connectivity index (χ3n) is 2.65. The number of sulfonamides is 1. The van der Waals surface area contributed by atoms with E-state index in [0.29, 0.717) is 13.1 Å². The maximum atomic E-state index is 11.7. The molecule has 0 aliphatic carbocycles. The molecule has 0 saturated carbocycles. The smallest absolute Gasteiger partial charge is 0.235 e. The highest BCUT2D eigenvalue weighted by molar-refractivity contribution is 7.88. The molecule has 0 fully saturated rings. The van der Waals surface area contributed by atoms with E-state index in [0.717, 1.165) is 32.1 Å². The first-order valence-corrected chi connectivity index (χ1v) is 8.48. The van der Waals surface area contributed by atoms with Gasteiger partial charge in [0, 0.05) is 13.1 Å². The van der Waals surface area contributed by atoms with Crippen LogP contribution in [0.3, 0.4) is 0 Å². The van der Waals surface area contributed by atoms with Crippen LogP contribution in [-0.2, 0) is 14.8 Å². The van der Waals surface area contributed by atoms with Gasteiger partial charge in [0.25, 0.3) is 0 Å². The first-order chi connectivity index (χ1) is 8.77. The molecule has 0 saturated heterocycles. The van der Waals surface area contributed by atoms with Crippen molar-refractivity contribution in [1.82, 2.24) is 14.5 Å². The highest BCUT2D eigenvalue weighted by Crippen LogP contribution is 2.01. The zero-order chi connectivity index (χ0) is 14.9. The number of amides is 1. The second kappa shape index (κ2) is 9.28. The number of unbranched alkanes of at least 4 members (excludes halogenated alkanes) is 1. The van der Waals surface area contributed by atoms with Crippen LogP contribution in [0, 0.1) is 0 Å². The number of carbonyl (C=O) groups is 1. The van der Waals surface area contributed by atoms with Gasteiger partial charge in [0.15, 0.2) is 0 Å². The number of hydrogen-bond donors (Lipinski definition) is 1. The molecule has 0 radical (unpaired) electrons. The van der Waals surface area contributed by atoms with Gasteiger partial charge in [-0.1, -0.05) is 13.3 Å². The van der Waals surface area contributed by atoms with Crippen LogP contribution >= 0.6 is 0 Å². The largest absolute Gasteiger partial charge is 0.355 e. The van der Waals surface area contributed by atoms with Crippen LogP contribution in [0.1, 0.15) is 26.2 Å². The molecule has 1 N–H and O–H groups in total. The van der Waals surface area contributed by atoms with Crippen LogP contribution in [-0.4, -0.2) is 70.1 Å². The summed E-state index contributed by atoms with van der Waals surface area (Å²) in [5.41, 5.74) is 0. The highest BCUT2D eigenvalue weighted by atomic mass is 32.2. The molecule has 0 bridgehead atoms. The van der Waals surface area contributed by atoms with Gasteiger partial charge in [0.1, 0.15) is 0 Å². The molecule has 19 heavy (non-hydrogen) atoms. The summed E-state index contributed by atoms with van der Waals surface area (Å²) in [6.07, 6.45) is 3.66. The van der Waals surface area contributed by atoms with E-state index in [1.54, 1.807) is 0 Å². The Morgan fingerprint density at radius 2 is 1.79 bits per heavy atom. The van der Waals surface area contributed by atoms with E-state index in [4.69, 9.17) is 0 Å². The molecule has 6 nitrogen and oxygen atoms in total. The molecule has 1 amide bonds. The molecule has 0 rings (SSSR count). The lowest BCUT2D eigenvalue weighted by Gasteiger charge is -2.19. The number of nitrogens with zero attached hydrogens (tertiary/aromatic N) is 2. The minimum atomic E-state index is -3.31. The first kappa shape index (κ1) is 18.3. The monoisotopic (exact) mass is 293 g/mol. The number of carbonyl (C=O) groups excluding carboxylic acids is 1. The molecule has 0 unspecified atom stereocenters. The number of rotatable bonds is 10. The molecule has 0 aromatic rings. The van der Waals surface area contributed by atoms with Gasteiger partial charge < -0.3 is 10.2 Å². The normalized spacial score (nSPS) is 12.1. The average molecular weight is 293 g/mol. The zero-order valence-corrected chi connectivity index (χ0v) is 13.3. The Hall–Kier alpha value is -0.660. The molecular weight excluding hydrogens is 266 g/mol. The molecule has 0 heterocycles. The van der Waals surface area contributed by atoms with Gasteiger partial charge in [0.2, 0.25) is 15.9 Å². The van der Waals surface area contributed by atoms with Crippen molar-refractivity contribution in [1.29, 1.82) is 0 Å². The van der Waals surface area contributed by atoms with Crippen LogP contribution in [0.2, 0.25) is 0 Å². The Bertz CT molecular complexity index is 355. The summed E-state index contributed by atoms with van der Waals surface area (Å²) in [6.45, 7) is 3.78. The standard InChI is InChI=1S/C12H27N3O3S/c1-5-6-10-15(19(4,17)18)11-12(16)13-8-7-9-14(2)3/h5-11H2,1-4H3,(H,13,16). The molecular formula is C12H27N3O3S. The van der Waals surface area contributed by atoms with Crippen molar-refractivity contribution in [2.45, 2.75) is 26.2 Å². The first-order valence-electron chi connectivity index (χ1n) is 6.64. The molecule has 0 aliphatic heterocycles. The van der Waals surface area contributed by atoms with Crippen LogP contribution in [0.15, 0.2) is 0 Å². The minimum Gasteiger partial charge on any atom is -0.355 e. The molecule has 0 aromatic carbocycles. The van der Waals surface area contributed by atoms with E-state index in [2.05, 4.69) is 5.32 Å². The van der Waals surface area contributed by atoms with E-state index in [-0.39, 0.29) is 12.5 Å². The molecule has 7 heteroatoms. The summed E-state index contributed by atoms with van der Waals surface area (Å²) in [5.74, 6) is -0.236. The maximum absolute atomic E-state index is 11.7. The summed E-state index contributed by atoms with van der Waals surface area (Å²) in [4.78, 5) is 13.7. The number of hydrogen-bond acceptors (Lipinski definition) is 4. The molecule has 0 aliphatic rings. The van der Waals surface area contributed by atoms with Crippen molar-refractivity contribution in [2.24, 2.45) is 0 Å². The third-order valence-corrected chi connectivity index (χ3v) is 3.90. The van der Waals surface area contributed by atoms with Gasteiger partial charge in [0.05, 0.1) is 12.8 Å². The van der Waals surface area contributed by atoms with Gasteiger partial charge >= 0.3 is 0 Å². The lowest BCUT2D eigenvalue weighted by Crippen LogP contribution is -2.41. The summed E-state index contributed by atoms with van der Waals surface area (Å²) in [7, 11) is 0.628. The van der Waals surface area contributed by atoms with Gasteiger partial charge in [-0.05, 0) is 33.5 Å². The molecule has 0 spiro atoms. The average Bonchev–Trinajstić information content (AvgIpc) is 2.28. The van der Waals surface area contributed by atoms with Crippen molar-refractivity contribution >= 4 is 15.9 Å². The topological polar surface area (TPSA) is 69.7 Å². The van der Waals surface area contributed by atoms with Gasteiger partial charge in [-0.25, -0.2) is 8.42 Å². The summed E-state index contributed by atoms with van der Waals surface area (Å²) in [6, 6.07) is 0. The lowest BCUT2D eigenvalue weighted by atomic mass is 10.3. The van der Waals surface area contributed by atoms with Gasteiger partial charge in [-0.2, -0.15) is 4.31 Å². The minimum absolute atomic E-state index is 0.0825. The Labute approximate surface area is 117 Å². The molecule has 0 aromatic heterocycles. The van der Waals surface area contributed by atoms with Crippen molar-refractivity contribution in [2.75, 3.05) is 46.5 Å². The van der Waals surface area contributed by atoms with Gasteiger partial charge in [-0.3, -0.25) is 4.79 Å². The summed E-state index contributed by atoms with van der Waals surface area (Å²) >= 11 is 0. The van der Waals surface area contributed by atoms with E-state index >= 15 is 0 Å². The predicted molar refractivity (Wildman–Crippen MR) is 77.5 cm³/mol. The SMILES string of the molecule is CCCCN(CC(=O)NCCCN(C)C)S(C)(=O)=O. The van der Waals surface area contributed by atoms with Crippen LogP contribution < -0.4 is 5.32 Å². The van der Waals surface area contributed by atoms with E-state index < -0.39 is 10.0 Å².